The molecule has 6 aromatic carbocycles. The number of phenolic OH excluding ortho intramolecular Hbond substituents is 1. The van der Waals surface area contributed by atoms with Crippen molar-refractivity contribution in [3.63, 3.8) is 0 Å². The van der Waals surface area contributed by atoms with Gasteiger partial charge in [-0.25, -0.2) is 0 Å². The molecule has 0 saturated carbocycles. The van der Waals surface area contributed by atoms with E-state index in [1.807, 2.05) is 12.1 Å². The van der Waals surface area contributed by atoms with E-state index in [1.165, 1.54) is 44.5 Å². The number of fused-ring (bicyclic) bond motifs is 1. The topological polar surface area (TPSA) is 69.9 Å². The molecule has 0 aromatic heterocycles. The zero-order chi connectivity index (χ0) is 31.9. The molecule has 0 aliphatic heterocycles. The van der Waals surface area contributed by atoms with Gasteiger partial charge in [0.2, 0.25) is 0 Å². The Morgan fingerprint density at radius 2 is 0.818 bits per heavy atom. The molecule has 0 spiro atoms. The number of aliphatic hydroxyl groups excluding tert-OH is 2. The molecule has 0 amide bonds. The third-order valence-electron chi connectivity index (χ3n) is 7.19. The second-order valence-corrected chi connectivity index (χ2v) is 10.2. The molecule has 0 aliphatic rings. The summed E-state index contributed by atoms with van der Waals surface area (Å²) in [5, 5.41) is 26.7. The van der Waals surface area contributed by atoms with Gasteiger partial charge in [-0.05, 0) is 107 Å². The number of ether oxygens (including phenoxy) is 1. The number of benzene rings is 6. The number of aryl methyl sites for hydroxylation is 4. The minimum atomic E-state index is -0.343. The van der Waals surface area contributed by atoms with E-state index in [0.717, 1.165) is 17.9 Å². The molecule has 6 rings (SSSR count). The molecule has 4 nitrogen and oxygen atoms in total. The van der Waals surface area contributed by atoms with Crippen molar-refractivity contribution >= 4 is 10.8 Å². The van der Waals surface area contributed by atoms with Gasteiger partial charge >= 0.3 is 0 Å². The maximum absolute atomic E-state index is 9.26. The number of phenols is 1. The van der Waals surface area contributed by atoms with E-state index < -0.39 is 0 Å². The van der Waals surface area contributed by atoms with Gasteiger partial charge in [-0.3, -0.25) is 0 Å². The predicted octanol–water partition coefficient (Wildman–Crippen LogP) is 9.42. The maximum atomic E-state index is 9.26. The third kappa shape index (κ3) is 9.30. The third-order valence-corrected chi connectivity index (χ3v) is 7.19. The summed E-state index contributed by atoms with van der Waals surface area (Å²) in [7, 11) is 1.00. The second-order valence-electron chi connectivity index (χ2n) is 10.2. The quantitative estimate of drug-likeness (QED) is 0.180. The fourth-order valence-electron chi connectivity index (χ4n) is 4.88. The van der Waals surface area contributed by atoms with Gasteiger partial charge in [0, 0.05) is 7.11 Å². The first-order valence-electron chi connectivity index (χ1n) is 14.5. The molecule has 0 fully saturated rings. The Kier molecular flexibility index (Phi) is 13.2. The molecule has 0 aliphatic carbocycles. The largest absolute Gasteiger partial charge is 0.508 e. The Bertz CT molecular complexity index is 1580. The van der Waals surface area contributed by atoms with Gasteiger partial charge < -0.3 is 20.1 Å². The van der Waals surface area contributed by atoms with E-state index in [9.17, 15) is 5.11 Å². The van der Waals surface area contributed by atoms with E-state index in [2.05, 4.69) is 125 Å². The molecule has 0 radical (unpaired) electrons. The molecule has 0 atom stereocenters. The van der Waals surface area contributed by atoms with Crippen LogP contribution in [0.5, 0.6) is 11.5 Å². The minimum absolute atomic E-state index is 0.221. The standard InChI is InChI=1S/2C14H14.C11H10O3.CH4O/c2*1-11-7-3-5-9-13(11)14-10-6-4-8-12(14)2;12-7-14-11-4-2-8-1-3-10(13)5-9(8)6-11;1-2/h2*3-10H,1-2H3;1-6,12-13H,7H2;2H,1H3. The van der Waals surface area contributed by atoms with Crippen molar-refractivity contribution in [3.05, 3.63) is 156 Å². The second kappa shape index (κ2) is 17.3. The van der Waals surface area contributed by atoms with Gasteiger partial charge in [-0.2, -0.15) is 0 Å². The van der Waals surface area contributed by atoms with Crippen LogP contribution in [0.1, 0.15) is 22.3 Å². The van der Waals surface area contributed by atoms with Crippen molar-refractivity contribution in [1.82, 2.24) is 0 Å². The summed E-state index contributed by atoms with van der Waals surface area (Å²) in [6, 6.07) is 44.6. The van der Waals surface area contributed by atoms with Crippen LogP contribution in [0.2, 0.25) is 0 Å². The molecule has 226 valence electrons. The van der Waals surface area contributed by atoms with Crippen molar-refractivity contribution in [2.24, 2.45) is 0 Å². The minimum Gasteiger partial charge on any atom is -0.508 e. The summed E-state index contributed by atoms with van der Waals surface area (Å²) in [4.78, 5) is 0. The Morgan fingerprint density at radius 3 is 1.18 bits per heavy atom. The fourth-order valence-corrected chi connectivity index (χ4v) is 4.88. The summed E-state index contributed by atoms with van der Waals surface area (Å²) in [6.07, 6.45) is 0. The van der Waals surface area contributed by atoms with Crippen LogP contribution in [0.3, 0.4) is 0 Å². The molecule has 0 bridgehead atoms. The van der Waals surface area contributed by atoms with Crippen LogP contribution in [0.4, 0.5) is 0 Å². The molecule has 0 unspecified atom stereocenters. The number of hydrogen-bond donors (Lipinski definition) is 3. The molecular formula is C40H42O4. The van der Waals surface area contributed by atoms with Crippen molar-refractivity contribution < 1.29 is 20.1 Å². The van der Waals surface area contributed by atoms with Crippen LogP contribution in [-0.4, -0.2) is 29.2 Å². The zero-order valence-electron chi connectivity index (χ0n) is 26.2. The lowest BCUT2D eigenvalue weighted by molar-refractivity contribution is 0.0987. The van der Waals surface area contributed by atoms with Crippen molar-refractivity contribution in [2.75, 3.05) is 13.9 Å². The molecule has 44 heavy (non-hydrogen) atoms. The monoisotopic (exact) mass is 586 g/mol. The Balaban J connectivity index is 0.000000175. The summed E-state index contributed by atoms with van der Waals surface area (Å²) >= 11 is 0. The average Bonchev–Trinajstić information content (AvgIpc) is 3.04. The lowest BCUT2D eigenvalue weighted by Gasteiger charge is -2.08. The number of aromatic hydroxyl groups is 1. The normalized spacial score (nSPS) is 9.89. The lowest BCUT2D eigenvalue weighted by atomic mass is 9.97. The van der Waals surface area contributed by atoms with Gasteiger partial charge in [0.15, 0.2) is 6.79 Å². The summed E-state index contributed by atoms with van der Waals surface area (Å²) in [5.41, 5.74) is 10.7. The van der Waals surface area contributed by atoms with Gasteiger partial charge in [0.25, 0.3) is 0 Å². The number of aliphatic hydroxyl groups is 2. The van der Waals surface area contributed by atoms with Gasteiger partial charge in [-0.1, -0.05) is 109 Å². The first-order valence-corrected chi connectivity index (χ1v) is 14.5. The number of hydrogen-bond acceptors (Lipinski definition) is 4. The molecule has 6 aromatic rings. The zero-order valence-corrected chi connectivity index (χ0v) is 26.2. The van der Waals surface area contributed by atoms with Crippen LogP contribution < -0.4 is 4.74 Å². The highest BCUT2D eigenvalue weighted by Gasteiger charge is 2.03. The van der Waals surface area contributed by atoms with E-state index in [0.29, 0.717) is 5.75 Å². The van der Waals surface area contributed by atoms with Crippen molar-refractivity contribution in [3.8, 4) is 33.8 Å². The van der Waals surface area contributed by atoms with Crippen molar-refractivity contribution in [1.29, 1.82) is 0 Å². The van der Waals surface area contributed by atoms with Crippen molar-refractivity contribution in [2.45, 2.75) is 27.7 Å². The van der Waals surface area contributed by atoms with Crippen LogP contribution in [0.15, 0.2) is 133 Å². The van der Waals surface area contributed by atoms with E-state index >= 15 is 0 Å². The first-order chi connectivity index (χ1) is 21.4. The van der Waals surface area contributed by atoms with E-state index in [4.69, 9.17) is 14.9 Å². The summed E-state index contributed by atoms with van der Waals surface area (Å²) < 4.78 is 4.93. The Labute approximate surface area is 261 Å². The van der Waals surface area contributed by atoms with Gasteiger partial charge in [0.05, 0.1) is 0 Å². The maximum Gasteiger partial charge on any atom is 0.186 e. The summed E-state index contributed by atoms with van der Waals surface area (Å²) in [6.45, 7) is 8.28. The van der Waals surface area contributed by atoms with Gasteiger partial charge in [-0.15, -0.1) is 0 Å². The molecule has 0 heterocycles. The molecule has 0 saturated heterocycles. The van der Waals surface area contributed by atoms with Crippen LogP contribution in [0, 0.1) is 27.7 Å². The Morgan fingerprint density at radius 1 is 0.455 bits per heavy atom. The van der Waals surface area contributed by atoms with E-state index in [1.54, 1.807) is 24.3 Å². The SMILES string of the molecule is CO.Cc1ccccc1-c1ccccc1C.Cc1ccccc1-c1ccccc1C.OCOc1ccc2ccc(O)cc2c1. The highest BCUT2D eigenvalue weighted by atomic mass is 16.6. The van der Waals surface area contributed by atoms with Crippen LogP contribution in [-0.2, 0) is 0 Å². The fraction of sp³-hybridized carbons (Fsp3) is 0.150. The van der Waals surface area contributed by atoms with Crippen LogP contribution in [0.25, 0.3) is 33.0 Å². The smallest absolute Gasteiger partial charge is 0.186 e. The lowest BCUT2D eigenvalue weighted by Crippen LogP contribution is -1.93. The highest BCUT2D eigenvalue weighted by molar-refractivity contribution is 5.85. The van der Waals surface area contributed by atoms with Gasteiger partial charge in [0.1, 0.15) is 11.5 Å². The molecule has 3 N–H and O–H groups in total. The highest BCUT2D eigenvalue weighted by Crippen LogP contribution is 2.27. The first kappa shape index (κ1) is 33.6. The number of rotatable bonds is 4. The van der Waals surface area contributed by atoms with E-state index in [-0.39, 0.29) is 12.5 Å². The predicted molar refractivity (Wildman–Crippen MR) is 184 cm³/mol. The Hall–Kier alpha value is -4.90. The molecule has 4 heteroatoms. The molecular weight excluding hydrogens is 544 g/mol. The van der Waals surface area contributed by atoms with Crippen LogP contribution >= 0.6 is 0 Å². The average molecular weight is 587 g/mol. The summed E-state index contributed by atoms with van der Waals surface area (Å²) in [5.74, 6) is 0.809.